The molecule has 0 unspecified atom stereocenters. The van der Waals surface area contributed by atoms with Crippen LogP contribution in [0.25, 0.3) is 5.65 Å². The molecule has 0 saturated carbocycles. The zero-order chi connectivity index (χ0) is 17.7. The standard InChI is InChI=1S/C19H22N6S/c1-3-26-19-21-8-13(9-22-19)11-24-14-4-5-16(24)15-10-20-18-6-12(2)23-25(18)17(15)7-14/h6,8-10,14,16H,3-5,7,11H2,1-2H3/t14-,16+/m0/s1. The Kier molecular flexibility index (Phi) is 3.94. The molecule has 7 heteroatoms. The highest BCUT2D eigenvalue weighted by Crippen LogP contribution is 2.44. The molecule has 26 heavy (non-hydrogen) atoms. The first-order valence-electron chi connectivity index (χ1n) is 9.26. The van der Waals surface area contributed by atoms with Gasteiger partial charge in [-0.2, -0.15) is 5.10 Å². The average molecular weight is 366 g/mol. The van der Waals surface area contributed by atoms with Gasteiger partial charge in [0, 0.05) is 60.8 Å². The first-order valence-corrected chi connectivity index (χ1v) is 10.2. The zero-order valence-corrected chi connectivity index (χ0v) is 15.9. The van der Waals surface area contributed by atoms with Gasteiger partial charge in [0.05, 0.1) is 11.4 Å². The lowest BCUT2D eigenvalue weighted by atomic mass is 9.98. The van der Waals surface area contributed by atoms with Gasteiger partial charge >= 0.3 is 0 Å². The van der Waals surface area contributed by atoms with Crippen LogP contribution >= 0.6 is 11.8 Å². The zero-order valence-electron chi connectivity index (χ0n) is 15.1. The molecule has 0 spiro atoms. The number of hydrogen-bond acceptors (Lipinski definition) is 6. The van der Waals surface area contributed by atoms with E-state index in [0.29, 0.717) is 12.1 Å². The highest BCUT2D eigenvalue weighted by Gasteiger charge is 2.41. The van der Waals surface area contributed by atoms with Crippen LogP contribution in [0, 0.1) is 6.92 Å². The predicted molar refractivity (Wildman–Crippen MR) is 101 cm³/mol. The van der Waals surface area contributed by atoms with E-state index in [-0.39, 0.29) is 0 Å². The van der Waals surface area contributed by atoms with Gasteiger partial charge < -0.3 is 0 Å². The van der Waals surface area contributed by atoms with E-state index in [0.717, 1.165) is 35.2 Å². The second kappa shape index (κ2) is 6.32. The minimum atomic E-state index is 0.426. The third-order valence-electron chi connectivity index (χ3n) is 5.49. The number of thioether (sulfide) groups is 1. The number of rotatable bonds is 4. The molecule has 134 valence electrons. The Balaban J connectivity index is 1.45. The average Bonchev–Trinajstić information content (AvgIpc) is 3.15. The van der Waals surface area contributed by atoms with Crippen molar-refractivity contribution in [2.24, 2.45) is 0 Å². The normalized spacial score (nSPS) is 22.1. The molecule has 0 radical (unpaired) electrons. The second-order valence-electron chi connectivity index (χ2n) is 7.15. The molecule has 5 heterocycles. The van der Waals surface area contributed by atoms with Crippen LogP contribution in [0.3, 0.4) is 0 Å². The van der Waals surface area contributed by atoms with Crippen LogP contribution in [0.1, 0.15) is 48.3 Å². The van der Waals surface area contributed by atoms with Crippen LogP contribution in [0.15, 0.2) is 29.8 Å². The lowest BCUT2D eigenvalue weighted by molar-refractivity contribution is 0.164. The van der Waals surface area contributed by atoms with Crippen molar-refractivity contribution in [3.05, 3.63) is 47.2 Å². The molecule has 2 aliphatic heterocycles. The predicted octanol–water partition coefficient (Wildman–Crippen LogP) is 3.20. The highest BCUT2D eigenvalue weighted by molar-refractivity contribution is 7.99. The molecule has 3 aromatic rings. The van der Waals surface area contributed by atoms with E-state index in [1.165, 1.54) is 29.7 Å². The van der Waals surface area contributed by atoms with E-state index in [1.807, 2.05) is 19.3 Å². The third kappa shape index (κ3) is 2.61. The van der Waals surface area contributed by atoms with E-state index < -0.39 is 0 Å². The van der Waals surface area contributed by atoms with E-state index in [9.17, 15) is 0 Å². The maximum atomic E-state index is 4.67. The fourth-order valence-corrected chi connectivity index (χ4v) is 4.90. The summed E-state index contributed by atoms with van der Waals surface area (Å²) in [7, 11) is 0. The molecule has 3 aromatic heterocycles. The Morgan fingerprint density at radius 2 is 2.00 bits per heavy atom. The number of aryl methyl sites for hydroxylation is 1. The molecule has 0 amide bonds. The van der Waals surface area contributed by atoms with Crippen LogP contribution in [0.5, 0.6) is 0 Å². The monoisotopic (exact) mass is 366 g/mol. The summed E-state index contributed by atoms with van der Waals surface area (Å²) in [5, 5.41) is 5.54. The van der Waals surface area contributed by atoms with Gasteiger partial charge in [-0.15, -0.1) is 0 Å². The SMILES string of the molecule is CCSc1ncc(CN2[C@H]3CC[C@@H]2c2cnc4cc(C)nn4c2C3)cn1. The topological polar surface area (TPSA) is 59.2 Å². The summed E-state index contributed by atoms with van der Waals surface area (Å²) in [6.07, 6.45) is 9.50. The minimum absolute atomic E-state index is 0.426. The lowest BCUT2D eigenvalue weighted by Gasteiger charge is -2.36. The van der Waals surface area contributed by atoms with Crippen molar-refractivity contribution in [1.82, 2.24) is 29.5 Å². The minimum Gasteiger partial charge on any atom is -0.289 e. The van der Waals surface area contributed by atoms with Gasteiger partial charge in [0.1, 0.15) is 0 Å². The molecular weight excluding hydrogens is 344 g/mol. The molecular formula is C19H22N6S. The van der Waals surface area contributed by atoms with Crippen molar-refractivity contribution in [2.45, 2.75) is 56.9 Å². The summed E-state index contributed by atoms with van der Waals surface area (Å²) >= 11 is 1.68. The Labute approximate surface area is 157 Å². The number of fused-ring (bicyclic) bond motifs is 6. The summed E-state index contributed by atoms with van der Waals surface area (Å²) < 4.78 is 2.06. The summed E-state index contributed by atoms with van der Waals surface area (Å²) in [4.78, 5) is 16.2. The number of nitrogens with zero attached hydrogens (tertiary/aromatic N) is 6. The van der Waals surface area contributed by atoms with Crippen molar-refractivity contribution in [3.8, 4) is 0 Å². The molecule has 5 rings (SSSR count). The van der Waals surface area contributed by atoms with Gasteiger partial charge in [-0.25, -0.2) is 19.5 Å². The Morgan fingerprint density at radius 3 is 2.81 bits per heavy atom. The summed E-state index contributed by atoms with van der Waals surface area (Å²) in [5.41, 5.74) is 5.87. The smallest absolute Gasteiger partial charge is 0.187 e. The summed E-state index contributed by atoms with van der Waals surface area (Å²) in [5.74, 6) is 1.00. The van der Waals surface area contributed by atoms with Gasteiger partial charge in [-0.1, -0.05) is 18.7 Å². The Morgan fingerprint density at radius 1 is 1.15 bits per heavy atom. The fraction of sp³-hybridized carbons (Fsp3) is 0.474. The van der Waals surface area contributed by atoms with Crippen LogP contribution in [0.2, 0.25) is 0 Å². The molecule has 0 N–H and O–H groups in total. The van der Waals surface area contributed by atoms with E-state index in [1.54, 1.807) is 11.8 Å². The number of hydrogen-bond donors (Lipinski definition) is 0. The Bertz CT molecular complexity index is 951. The third-order valence-corrected chi connectivity index (χ3v) is 6.25. The summed E-state index contributed by atoms with van der Waals surface area (Å²) in [6, 6.07) is 3.05. The van der Waals surface area contributed by atoms with E-state index >= 15 is 0 Å². The van der Waals surface area contributed by atoms with E-state index in [4.69, 9.17) is 0 Å². The van der Waals surface area contributed by atoms with Gasteiger partial charge in [-0.3, -0.25) is 4.90 Å². The largest absolute Gasteiger partial charge is 0.289 e. The van der Waals surface area contributed by atoms with Crippen molar-refractivity contribution in [2.75, 3.05) is 5.75 Å². The molecule has 2 atom stereocenters. The van der Waals surface area contributed by atoms with Crippen molar-refractivity contribution < 1.29 is 0 Å². The van der Waals surface area contributed by atoms with Crippen molar-refractivity contribution in [1.29, 1.82) is 0 Å². The van der Waals surface area contributed by atoms with E-state index in [2.05, 4.69) is 48.7 Å². The second-order valence-corrected chi connectivity index (χ2v) is 8.38. The quantitative estimate of drug-likeness (QED) is 0.522. The van der Waals surface area contributed by atoms with Crippen molar-refractivity contribution >= 4 is 17.4 Å². The Hall–Kier alpha value is -1.99. The fourth-order valence-electron chi connectivity index (χ4n) is 4.38. The van der Waals surface area contributed by atoms with Gasteiger partial charge in [-0.05, 0) is 25.5 Å². The number of aromatic nitrogens is 5. The molecule has 1 fully saturated rings. The van der Waals surface area contributed by atoms with Crippen LogP contribution in [-0.4, -0.2) is 41.3 Å². The maximum Gasteiger partial charge on any atom is 0.187 e. The molecule has 6 nitrogen and oxygen atoms in total. The first kappa shape index (κ1) is 16.2. The molecule has 2 bridgehead atoms. The van der Waals surface area contributed by atoms with Gasteiger partial charge in [0.2, 0.25) is 0 Å². The van der Waals surface area contributed by atoms with Crippen molar-refractivity contribution in [3.63, 3.8) is 0 Å². The molecule has 0 aromatic carbocycles. The maximum absolute atomic E-state index is 4.67. The first-order chi connectivity index (χ1) is 12.7. The van der Waals surface area contributed by atoms with Crippen LogP contribution in [-0.2, 0) is 13.0 Å². The van der Waals surface area contributed by atoms with Gasteiger partial charge in [0.25, 0.3) is 0 Å². The van der Waals surface area contributed by atoms with Crippen LogP contribution in [0.4, 0.5) is 0 Å². The molecule has 1 saturated heterocycles. The highest BCUT2D eigenvalue weighted by atomic mass is 32.2. The molecule has 2 aliphatic rings. The lowest BCUT2D eigenvalue weighted by Crippen LogP contribution is -2.38. The van der Waals surface area contributed by atoms with Gasteiger partial charge in [0.15, 0.2) is 10.8 Å². The molecule has 0 aliphatic carbocycles. The van der Waals surface area contributed by atoms with Crippen LogP contribution < -0.4 is 0 Å². The summed E-state index contributed by atoms with van der Waals surface area (Å²) in [6.45, 7) is 5.06.